The van der Waals surface area contributed by atoms with Crippen molar-refractivity contribution in [2.45, 2.75) is 21.2 Å². The van der Waals surface area contributed by atoms with Crippen LogP contribution in [0.3, 0.4) is 0 Å². The minimum absolute atomic E-state index is 0.0470. The van der Waals surface area contributed by atoms with E-state index in [-0.39, 0.29) is 50.5 Å². The van der Waals surface area contributed by atoms with E-state index in [1.807, 2.05) is 0 Å². The van der Waals surface area contributed by atoms with Crippen LogP contribution in [0.5, 0.6) is 5.75 Å². The zero-order valence-corrected chi connectivity index (χ0v) is 23.5. The first-order valence-corrected chi connectivity index (χ1v) is 14.6. The van der Waals surface area contributed by atoms with Gasteiger partial charge < -0.3 is 15.9 Å². The number of aromatic hydroxyl groups is 1. The van der Waals surface area contributed by atoms with Crippen LogP contribution >= 0.6 is 24.1 Å². The standard InChI is InChI=1S/C24H20N4O11S3/c25-19-3-2-17-18(11-15(12-21(17)29)40-38-36-32)23(19)27-26-20-4-1-16(13-22(20)41-39-37-33)42(34,35)10-9-28-7-5-14(6-8-28)24(30)31/h1-8,11-13H,9-10H2,(H5-,25,26,29,30,31,32,33)/p+1. The van der Waals surface area contributed by atoms with Crippen molar-refractivity contribution in [3.05, 3.63) is 72.6 Å². The largest absolute Gasteiger partial charge is 0.507 e. The molecule has 0 unspecified atom stereocenters. The van der Waals surface area contributed by atoms with Crippen molar-refractivity contribution in [1.29, 1.82) is 0 Å². The average Bonchev–Trinajstić information content (AvgIpc) is 2.97. The summed E-state index contributed by atoms with van der Waals surface area (Å²) in [6.45, 7) is 0.0470. The third-order valence-electron chi connectivity index (χ3n) is 5.71. The highest BCUT2D eigenvalue weighted by Crippen LogP contribution is 2.41. The Labute approximate surface area is 245 Å². The molecule has 6 N–H and O–H groups in total. The van der Waals surface area contributed by atoms with Gasteiger partial charge in [0.15, 0.2) is 28.8 Å². The number of nitrogens with two attached hydrogens (primary N) is 1. The molecular formula is C24H21N4O11S3+. The molecule has 4 rings (SSSR count). The molecule has 0 saturated heterocycles. The monoisotopic (exact) mass is 637 g/mol. The van der Waals surface area contributed by atoms with Gasteiger partial charge in [0.1, 0.15) is 22.9 Å². The van der Waals surface area contributed by atoms with Gasteiger partial charge in [0.25, 0.3) is 0 Å². The molecule has 220 valence electrons. The predicted molar refractivity (Wildman–Crippen MR) is 148 cm³/mol. The van der Waals surface area contributed by atoms with Crippen molar-refractivity contribution in [3.63, 3.8) is 0 Å². The van der Waals surface area contributed by atoms with E-state index in [1.54, 1.807) is 12.1 Å². The number of aromatic carboxylic acids is 1. The zero-order valence-electron chi connectivity index (χ0n) is 21.1. The highest BCUT2D eigenvalue weighted by Gasteiger charge is 2.20. The Morgan fingerprint density at radius 1 is 0.929 bits per heavy atom. The number of carboxylic acids is 1. The number of sulfone groups is 1. The van der Waals surface area contributed by atoms with Crippen LogP contribution in [-0.2, 0) is 35.1 Å². The first kappa shape index (κ1) is 31.1. The Kier molecular flexibility index (Phi) is 10.3. The molecule has 1 heterocycles. The lowest BCUT2D eigenvalue weighted by Crippen LogP contribution is -2.36. The zero-order chi connectivity index (χ0) is 30.3. The maximum absolute atomic E-state index is 13.1. The number of carbonyl (C=O) groups is 1. The number of rotatable bonds is 13. The number of nitrogens with zero attached hydrogens (tertiary/aromatic N) is 3. The molecule has 0 saturated carbocycles. The average molecular weight is 638 g/mol. The van der Waals surface area contributed by atoms with Crippen LogP contribution < -0.4 is 10.3 Å². The lowest BCUT2D eigenvalue weighted by atomic mass is 10.1. The number of carboxylic acid groups (broad SMARTS) is 1. The van der Waals surface area contributed by atoms with Gasteiger partial charge in [-0.2, -0.15) is 0 Å². The van der Waals surface area contributed by atoms with Crippen molar-refractivity contribution in [3.8, 4) is 5.75 Å². The second kappa shape index (κ2) is 13.9. The Morgan fingerprint density at radius 3 is 2.33 bits per heavy atom. The van der Waals surface area contributed by atoms with E-state index in [0.29, 0.717) is 39.8 Å². The van der Waals surface area contributed by atoms with Crippen molar-refractivity contribution in [2.75, 3.05) is 11.5 Å². The second-order valence-electron chi connectivity index (χ2n) is 8.27. The van der Waals surface area contributed by atoms with E-state index in [1.165, 1.54) is 59.4 Å². The lowest BCUT2D eigenvalue weighted by molar-refractivity contribution is -0.692. The van der Waals surface area contributed by atoms with Crippen molar-refractivity contribution < 1.29 is 57.3 Å². The molecule has 0 atom stereocenters. The van der Waals surface area contributed by atoms with Crippen molar-refractivity contribution in [2.24, 2.45) is 10.2 Å². The molecule has 0 spiro atoms. The SMILES string of the molecule is Nc1ccc2c(O)cc(SOOO)cc2c1N=Nc1ccc(S(=O)(=O)CC[n+]2ccc(C(=O)O)cc2)cc1SOOO. The van der Waals surface area contributed by atoms with Gasteiger partial charge in [-0.3, -0.25) is 0 Å². The second-order valence-corrected chi connectivity index (χ2v) is 11.9. The molecule has 0 fully saturated rings. The minimum Gasteiger partial charge on any atom is -0.507 e. The van der Waals surface area contributed by atoms with Gasteiger partial charge in [0.2, 0.25) is 0 Å². The van der Waals surface area contributed by atoms with E-state index in [4.69, 9.17) is 21.4 Å². The number of aromatic nitrogens is 1. The van der Waals surface area contributed by atoms with Crippen LogP contribution in [0.4, 0.5) is 17.1 Å². The van der Waals surface area contributed by atoms with Gasteiger partial charge in [-0.1, -0.05) is 10.1 Å². The third kappa shape index (κ3) is 7.50. The first-order chi connectivity index (χ1) is 20.1. The number of hydrogen-bond donors (Lipinski definition) is 5. The summed E-state index contributed by atoms with van der Waals surface area (Å²) in [6, 6.07) is 12.7. The third-order valence-corrected chi connectivity index (χ3v) is 8.59. The Hall–Kier alpha value is -3.85. The number of anilines is 1. The van der Waals surface area contributed by atoms with Crippen LogP contribution in [0.25, 0.3) is 10.8 Å². The number of hydrogen-bond acceptors (Lipinski definition) is 15. The fourth-order valence-corrected chi connectivity index (χ4v) is 5.93. The molecule has 0 bridgehead atoms. The van der Waals surface area contributed by atoms with Crippen LogP contribution in [0, 0.1) is 0 Å². The quantitative estimate of drug-likeness (QED) is 0.0330. The summed E-state index contributed by atoms with van der Waals surface area (Å²) in [6.07, 6.45) is 2.92. The van der Waals surface area contributed by atoms with Crippen LogP contribution in [-0.4, -0.2) is 40.9 Å². The summed E-state index contributed by atoms with van der Waals surface area (Å²) >= 11 is 1.09. The van der Waals surface area contributed by atoms with Gasteiger partial charge in [0, 0.05) is 27.8 Å². The number of azo groups is 1. The van der Waals surface area contributed by atoms with Crippen LogP contribution in [0.15, 0.2) is 91.9 Å². The van der Waals surface area contributed by atoms with Gasteiger partial charge in [-0.25, -0.2) is 28.3 Å². The van der Waals surface area contributed by atoms with Gasteiger partial charge >= 0.3 is 5.97 Å². The molecule has 4 aromatic rings. The summed E-state index contributed by atoms with van der Waals surface area (Å²) in [5.41, 5.74) is 6.67. The molecule has 0 radical (unpaired) electrons. The summed E-state index contributed by atoms with van der Waals surface area (Å²) < 4.78 is 36.6. The molecule has 15 nitrogen and oxygen atoms in total. The molecule has 18 heteroatoms. The number of pyridine rings is 1. The molecule has 3 aromatic carbocycles. The fourth-order valence-electron chi connectivity index (χ4n) is 3.69. The number of benzene rings is 3. The number of nitrogen functional groups attached to an aromatic ring is 1. The topological polar surface area (TPSA) is 224 Å². The van der Waals surface area contributed by atoms with E-state index in [9.17, 15) is 18.3 Å². The predicted octanol–water partition coefficient (Wildman–Crippen LogP) is 4.86. The fraction of sp³-hybridized carbons (Fsp3) is 0.0833. The molecule has 42 heavy (non-hydrogen) atoms. The lowest BCUT2D eigenvalue weighted by Gasteiger charge is -2.10. The highest BCUT2D eigenvalue weighted by molar-refractivity contribution is 7.95. The molecule has 0 aliphatic heterocycles. The molecule has 1 aromatic heterocycles. The Bertz CT molecular complexity index is 1740. The summed E-state index contributed by atoms with van der Waals surface area (Å²) in [5.74, 6) is -1.55. The first-order valence-electron chi connectivity index (χ1n) is 11.5. The number of aryl methyl sites for hydroxylation is 1. The minimum atomic E-state index is -3.84. The number of phenols is 1. The van der Waals surface area contributed by atoms with Gasteiger partial charge in [-0.15, -0.1) is 18.9 Å². The highest BCUT2D eigenvalue weighted by atomic mass is 32.2. The number of phenolic OH excluding ortho intramolecular Hbond substituents is 1. The van der Waals surface area contributed by atoms with E-state index >= 15 is 0 Å². The van der Waals surface area contributed by atoms with Crippen LogP contribution in [0.1, 0.15) is 10.4 Å². The summed E-state index contributed by atoms with van der Waals surface area (Å²) in [5, 5.41) is 52.9. The maximum Gasteiger partial charge on any atom is 0.336 e. The smallest absolute Gasteiger partial charge is 0.336 e. The van der Waals surface area contributed by atoms with Gasteiger partial charge in [-0.05, 0) is 42.5 Å². The number of fused-ring (bicyclic) bond motifs is 1. The Morgan fingerprint density at radius 2 is 1.64 bits per heavy atom. The van der Waals surface area contributed by atoms with Gasteiger partial charge in [0.05, 0.1) is 45.1 Å². The Balaban J connectivity index is 1.64. The van der Waals surface area contributed by atoms with Crippen molar-refractivity contribution >= 4 is 67.7 Å². The van der Waals surface area contributed by atoms with E-state index < -0.39 is 15.8 Å². The molecular weight excluding hydrogens is 616 g/mol. The van der Waals surface area contributed by atoms with E-state index in [2.05, 4.69) is 29.0 Å². The van der Waals surface area contributed by atoms with Crippen molar-refractivity contribution in [1.82, 2.24) is 0 Å². The molecule has 0 aliphatic carbocycles. The van der Waals surface area contributed by atoms with Crippen LogP contribution in [0.2, 0.25) is 0 Å². The molecule has 0 amide bonds. The molecule has 0 aliphatic rings. The summed E-state index contributed by atoms with van der Waals surface area (Å²) in [4.78, 5) is 11.4. The van der Waals surface area contributed by atoms with E-state index in [0.717, 1.165) is 0 Å². The normalized spacial score (nSPS) is 11.9. The maximum atomic E-state index is 13.1. The summed E-state index contributed by atoms with van der Waals surface area (Å²) in [7, 11) is -3.84.